The van der Waals surface area contributed by atoms with Gasteiger partial charge in [0.1, 0.15) is 5.75 Å². The smallest absolute Gasteiger partial charge is 0.259 e. The predicted octanol–water partition coefficient (Wildman–Crippen LogP) is 3.22. The average Bonchev–Trinajstić information content (AvgIpc) is 2.48. The van der Waals surface area contributed by atoms with Gasteiger partial charge in [-0.3, -0.25) is 4.79 Å². The van der Waals surface area contributed by atoms with E-state index in [1.165, 1.54) is 18.2 Å². The Morgan fingerprint density at radius 2 is 2.05 bits per heavy atom. The fraction of sp³-hybridized carbons (Fsp3) is 0.188. The van der Waals surface area contributed by atoms with Crippen LogP contribution >= 0.6 is 11.6 Å². The summed E-state index contributed by atoms with van der Waals surface area (Å²) in [7, 11) is 0. The zero-order valence-electron chi connectivity index (χ0n) is 11.3. The zero-order valence-corrected chi connectivity index (χ0v) is 12.1. The minimum atomic E-state index is -0.220. The number of nitrogens with zero attached hydrogens (tertiary/aromatic N) is 1. The molecule has 1 amide bonds. The first-order chi connectivity index (χ1) is 10.1. The van der Waals surface area contributed by atoms with Crippen molar-refractivity contribution in [3.63, 3.8) is 0 Å². The van der Waals surface area contributed by atoms with Crippen LogP contribution in [0, 0.1) is 0 Å². The Hall–Kier alpha value is -2.20. The van der Waals surface area contributed by atoms with Gasteiger partial charge < -0.3 is 15.7 Å². The molecule has 0 fully saturated rings. The number of amides is 1. The summed E-state index contributed by atoms with van der Waals surface area (Å²) < 4.78 is 0. The van der Waals surface area contributed by atoms with Crippen molar-refractivity contribution >= 4 is 28.9 Å². The van der Waals surface area contributed by atoms with Gasteiger partial charge in [-0.25, -0.2) is 0 Å². The molecule has 1 aliphatic heterocycles. The molecule has 1 heterocycles. The third-order valence-corrected chi connectivity index (χ3v) is 3.98. The van der Waals surface area contributed by atoms with Crippen LogP contribution in [0.4, 0.5) is 11.4 Å². The van der Waals surface area contributed by atoms with Crippen LogP contribution in [0.2, 0.25) is 5.02 Å². The second kappa shape index (κ2) is 5.30. The quantitative estimate of drug-likeness (QED) is 0.795. The van der Waals surface area contributed by atoms with Gasteiger partial charge in [0.25, 0.3) is 5.91 Å². The zero-order chi connectivity index (χ0) is 15.0. The Kier molecular flexibility index (Phi) is 3.47. The number of anilines is 2. The molecule has 108 valence electrons. The maximum absolute atomic E-state index is 12.7. The van der Waals surface area contributed by atoms with Crippen LogP contribution in [0.3, 0.4) is 0 Å². The molecular formula is C16H15ClN2O2. The molecule has 2 aromatic carbocycles. The van der Waals surface area contributed by atoms with Crippen LogP contribution < -0.4 is 10.6 Å². The molecular weight excluding hydrogens is 288 g/mol. The second-order valence-electron chi connectivity index (χ2n) is 5.11. The fourth-order valence-electron chi connectivity index (χ4n) is 2.63. The lowest BCUT2D eigenvalue weighted by Gasteiger charge is -2.30. The number of nitrogen functional groups attached to an aromatic ring is 1. The van der Waals surface area contributed by atoms with Crippen molar-refractivity contribution < 1.29 is 9.90 Å². The molecule has 0 bridgehead atoms. The fourth-order valence-corrected chi connectivity index (χ4v) is 2.82. The number of hydrogen-bond donors (Lipinski definition) is 2. The van der Waals surface area contributed by atoms with Gasteiger partial charge in [0, 0.05) is 17.9 Å². The van der Waals surface area contributed by atoms with Crippen LogP contribution in [-0.2, 0) is 6.42 Å². The molecule has 0 aliphatic carbocycles. The normalized spacial score (nSPS) is 13.9. The molecule has 4 nitrogen and oxygen atoms in total. The van der Waals surface area contributed by atoms with E-state index in [1.54, 1.807) is 4.90 Å². The first-order valence-corrected chi connectivity index (χ1v) is 7.13. The highest BCUT2D eigenvalue weighted by atomic mass is 35.5. The minimum absolute atomic E-state index is 0.0209. The molecule has 0 spiro atoms. The number of carbonyl (C=O) groups is 1. The number of halogens is 1. The molecule has 3 N–H and O–H groups in total. The number of nitrogens with two attached hydrogens (primary N) is 1. The van der Waals surface area contributed by atoms with Crippen LogP contribution in [-0.4, -0.2) is 17.6 Å². The summed E-state index contributed by atoms with van der Waals surface area (Å²) >= 11 is 6.09. The molecule has 5 heteroatoms. The van der Waals surface area contributed by atoms with Gasteiger partial charge in [0.05, 0.1) is 10.6 Å². The number of phenols is 1. The van der Waals surface area contributed by atoms with E-state index in [2.05, 4.69) is 0 Å². The molecule has 0 atom stereocenters. The van der Waals surface area contributed by atoms with E-state index in [1.807, 2.05) is 18.2 Å². The largest absolute Gasteiger partial charge is 0.508 e. The van der Waals surface area contributed by atoms with Gasteiger partial charge in [0.2, 0.25) is 0 Å². The maximum atomic E-state index is 12.7. The van der Waals surface area contributed by atoms with Crippen molar-refractivity contribution in [1.29, 1.82) is 0 Å². The van der Waals surface area contributed by atoms with Gasteiger partial charge in [-0.05, 0) is 48.7 Å². The topological polar surface area (TPSA) is 66.6 Å². The molecule has 0 unspecified atom stereocenters. The second-order valence-corrected chi connectivity index (χ2v) is 5.52. The summed E-state index contributed by atoms with van der Waals surface area (Å²) in [5, 5.41) is 9.90. The Morgan fingerprint density at radius 1 is 1.24 bits per heavy atom. The predicted molar refractivity (Wildman–Crippen MR) is 84.0 cm³/mol. The summed E-state index contributed by atoms with van der Waals surface area (Å²) in [6.45, 7) is 0.612. The van der Waals surface area contributed by atoms with Crippen LogP contribution in [0.5, 0.6) is 5.75 Å². The van der Waals surface area contributed by atoms with Gasteiger partial charge in [-0.15, -0.1) is 0 Å². The number of carbonyl (C=O) groups excluding carboxylic acids is 1. The Morgan fingerprint density at radius 3 is 2.86 bits per heavy atom. The first kappa shape index (κ1) is 13.8. The number of aromatic hydroxyl groups is 1. The molecule has 1 aliphatic rings. The van der Waals surface area contributed by atoms with Crippen LogP contribution in [0.1, 0.15) is 22.3 Å². The Labute approximate surface area is 127 Å². The lowest BCUT2D eigenvalue weighted by Crippen LogP contribution is -2.35. The minimum Gasteiger partial charge on any atom is -0.508 e. The van der Waals surface area contributed by atoms with Crippen LogP contribution in [0.25, 0.3) is 0 Å². The van der Waals surface area contributed by atoms with Crippen molar-refractivity contribution in [2.75, 3.05) is 17.2 Å². The third-order valence-electron chi connectivity index (χ3n) is 3.65. The number of rotatable bonds is 1. The van der Waals surface area contributed by atoms with Crippen LogP contribution in [0.15, 0.2) is 36.4 Å². The lowest BCUT2D eigenvalue weighted by molar-refractivity contribution is 0.0985. The molecule has 0 saturated carbocycles. The summed E-state index contributed by atoms with van der Waals surface area (Å²) in [6, 6.07) is 9.98. The summed E-state index contributed by atoms with van der Waals surface area (Å²) in [6.07, 6.45) is 1.81. The van der Waals surface area contributed by atoms with E-state index in [-0.39, 0.29) is 11.7 Å². The van der Waals surface area contributed by atoms with Crippen molar-refractivity contribution in [3.05, 3.63) is 52.5 Å². The Bertz CT molecular complexity index is 715. The van der Waals surface area contributed by atoms with E-state index >= 15 is 0 Å². The van der Waals surface area contributed by atoms with E-state index in [9.17, 15) is 9.90 Å². The monoisotopic (exact) mass is 302 g/mol. The van der Waals surface area contributed by atoms with Crippen molar-refractivity contribution in [2.45, 2.75) is 12.8 Å². The lowest BCUT2D eigenvalue weighted by atomic mass is 10.00. The van der Waals surface area contributed by atoms with Gasteiger partial charge >= 0.3 is 0 Å². The average molecular weight is 303 g/mol. The molecule has 3 rings (SSSR count). The highest BCUT2D eigenvalue weighted by Gasteiger charge is 2.25. The summed E-state index contributed by atoms with van der Waals surface area (Å²) in [5.41, 5.74) is 8.67. The van der Waals surface area contributed by atoms with Gasteiger partial charge in [0.15, 0.2) is 0 Å². The first-order valence-electron chi connectivity index (χ1n) is 6.75. The molecule has 2 aromatic rings. The third kappa shape index (κ3) is 2.54. The van der Waals surface area contributed by atoms with E-state index in [0.29, 0.717) is 22.8 Å². The van der Waals surface area contributed by atoms with Crippen molar-refractivity contribution in [1.82, 2.24) is 0 Å². The van der Waals surface area contributed by atoms with E-state index in [4.69, 9.17) is 17.3 Å². The standard InChI is InChI=1S/C16H15ClN2O2/c17-14-6-5-12(20)9-13(14)16(21)19-7-1-2-10-3-4-11(18)8-15(10)19/h3-6,8-9,20H,1-2,7,18H2. The highest BCUT2D eigenvalue weighted by molar-refractivity contribution is 6.34. The number of hydrogen-bond acceptors (Lipinski definition) is 3. The van der Waals surface area contributed by atoms with Crippen molar-refractivity contribution in [2.24, 2.45) is 0 Å². The SMILES string of the molecule is Nc1ccc2c(c1)N(C(=O)c1cc(O)ccc1Cl)CCC2. The van der Waals surface area contributed by atoms with Gasteiger partial charge in [-0.1, -0.05) is 17.7 Å². The molecule has 0 saturated heterocycles. The maximum Gasteiger partial charge on any atom is 0.259 e. The Balaban J connectivity index is 2.04. The van der Waals surface area contributed by atoms with Gasteiger partial charge in [-0.2, -0.15) is 0 Å². The molecule has 0 aromatic heterocycles. The number of fused-ring (bicyclic) bond motifs is 1. The van der Waals surface area contributed by atoms with E-state index in [0.717, 1.165) is 24.1 Å². The summed E-state index contributed by atoms with van der Waals surface area (Å²) in [5.74, 6) is -0.199. The number of phenolic OH excluding ortho intramolecular Hbond substituents is 1. The highest BCUT2D eigenvalue weighted by Crippen LogP contribution is 2.32. The number of aryl methyl sites for hydroxylation is 1. The van der Waals surface area contributed by atoms with Crippen molar-refractivity contribution in [3.8, 4) is 5.75 Å². The number of benzene rings is 2. The summed E-state index contributed by atoms with van der Waals surface area (Å²) in [4.78, 5) is 14.4. The molecule has 21 heavy (non-hydrogen) atoms. The molecule has 0 radical (unpaired) electrons. The van der Waals surface area contributed by atoms with E-state index < -0.39 is 0 Å².